The van der Waals surface area contributed by atoms with Gasteiger partial charge >= 0.3 is 0 Å². The highest BCUT2D eigenvalue weighted by molar-refractivity contribution is 6.23. The van der Waals surface area contributed by atoms with E-state index in [1.165, 1.54) is 5.39 Å². The quantitative estimate of drug-likeness (QED) is 0.227. The normalized spacial score (nSPS) is 11.9. The van der Waals surface area contributed by atoms with E-state index in [2.05, 4.69) is 94.1 Å². The van der Waals surface area contributed by atoms with Gasteiger partial charge in [0.05, 0.1) is 39.1 Å². The second kappa shape index (κ2) is 8.08. The Hall–Kier alpha value is -5.86. The van der Waals surface area contributed by atoms with Gasteiger partial charge in [0.25, 0.3) is 0 Å². The second-order valence-corrected chi connectivity index (χ2v) is 10.4. The molecule has 190 valence electrons. The number of para-hydroxylation sites is 2. The van der Waals surface area contributed by atoms with Gasteiger partial charge < -0.3 is 13.6 Å². The summed E-state index contributed by atoms with van der Waals surface area (Å²) >= 11 is 0. The molecule has 0 fully saturated rings. The van der Waals surface area contributed by atoms with E-state index < -0.39 is 0 Å². The Morgan fingerprint density at radius 1 is 0.585 bits per heavy atom. The van der Waals surface area contributed by atoms with Crippen LogP contribution in [0.2, 0.25) is 0 Å². The van der Waals surface area contributed by atoms with E-state index in [-0.39, 0.29) is 0 Å². The summed E-state index contributed by atoms with van der Waals surface area (Å²) in [5.74, 6) is 0. The van der Waals surface area contributed by atoms with Crippen molar-refractivity contribution in [1.82, 2.24) is 14.1 Å². The third-order valence-corrected chi connectivity index (χ3v) is 8.17. The number of furan rings is 1. The molecule has 9 aromatic rings. The monoisotopic (exact) mass is 524 g/mol. The van der Waals surface area contributed by atoms with E-state index in [0.29, 0.717) is 5.56 Å². The first-order chi connectivity index (χ1) is 20.3. The van der Waals surface area contributed by atoms with Gasteiger partial charge in [0.1, 0.15) is 11.1 Å². The fourth-order valence-corrected chi connectivity index (χ4v) is 6.49. The van der Waals surface area contributed by atoms with E-state index in [9.17, 15) is 5.26 Å². The molecule has 0 unspecified atom stereocenters. The number of aromatic nitrogens is 3. The Morgan fingerprint density at radius 3 is 2.15 bits per heavy atom. The van der Waals surface area contributed by atoms with Crippen molar-refractivity contribution < 1.29 is 4.42 Å². The first-order valence-electron chi connectivity index (χ1n) is 13.5. The summed E-state index contributed by atoms with van der Waals surface area (Å²) in [6.45, 7) is 0. The van der Waals surface area contributed by atoms with Gasteiger partial charge in [-0.15, -0.1) is 0 Å². The first-order valence-corrected chi connectivity index (χ1v) is 13.5. The Balaban J connectivity index is 1.40. The summed E-state index contributed by atoms with van der Waals surface area (Å²) in [6.07, 6.45) is 1.82. The molecule has 0 amide bonds. The molecule has 0 N–H and O–H groups in total. The molecule has 0 aliphatic carbocycles. The molecule has 4 aromatic heterocycles. The molecule has 41 heavy (non-hydrogen) atoms. The molecule has 5 heteroatoms. The summed E-state index contributed by atoms with van der Waals surface area (Å²) in [5.41, 5.74) is 9.59. The second-order valence-electron chi connectivity index (χ2n) is 10.4. The molecule has 0 saturated heterocycles. The van der Waals surface area contributed by atoms with Gasteiger partial charge in [-0.3, -0.25) is 4.98 Å². The standard InChI is InChI=1S/C36H20N4O/c37-21-22-14-16-31-28(19-22)26-10-2-3-11-29(26)39(31)23-7-5-8-24(20-23)40-30-12-4-1-9-25(30)27-15-17-32-34(36(27)40)35-33(41-32)13-6-18-38-35/h1-20H. The van der Waals surface area contributed by atoms with Crippen molar-refractivity contribution in [2.24, 2.45) is 0 Å². The van der Waals surface area contributed by atoms with Gasteiger partial charge in [0.15, 0.2) is 5.58 Å². The van der Waals surface area contributed by atoms with Crippen LogP contribution in [0.25, 0.3) is 77.1 Å². The lowest BCUT2D eigenvalue weighted by molar-refractivity contribution is 0.668. The Kier molecular flexibility index (Phi) is 4.33. The van der Waals surface area contributed by atoms with Crippen LogP contribution < -0.4 is 0 Å². The Labute approximate surface area is 233 Å². The van der Waals surface area contributed by atoms with Gasteiger partial charge in [0, 0.05) is 39.1 Å². The van der Waals surface area contributed by atoms with Crippen LogP contribution in [0, 0.1) is 11.3 Å². The average molecular weight is 525 g/mol. The lowest BCUT2D eigenvalue weighted by Crippen LogP contribution is -1.98. The zero-order valence-electron chi connectivity index (χ0n) is 21.7. The highest BCUT2D eigenvalue weighted by atomic mass is 16.3. The lowest BCUT2D eigenvalue weighted by atomic mass is 10.1. The van der Waals surface area contributed by atoms with Gasteiger partial charge in [-0.2, -0.15) is 5.26 Å². The molecular formula is C36H20N4O. The Bertz CT molecular complexity index is 2560. The third kappa shape index (κ3) is 2.96. The number of hydrogen-bond acceptors (Lipinski definition) is 3. The van der Waals surface area contributed by atoms with Crippen molar-refractivity contribution in [2.75, 3.05) is 0 Å². The molecule has 0 radical (unpaired) electrons. The minimum atomic E-state index is 0.657. The van der Waals surface area contributed by atoms with Crippen molar-refractivity contribution in [2.45, 2.75) is 0 Å². The zero-order chi connectivity index (χ0) is 27.1. The number of hydrogen-bond donors (Lipinski definition) is 0. The van der Waals surface area contributed by atoms with Crippen LogP contribution in [-0.4, -0.2) is 14.1 Å². The third-order valence-electron chi connectivity index (χ3n) is 8.17. The first kappa shape index (κ1) is 22.0. The summed E-state index contributed by atoms with van der Waals surface area (Å²) in [7, 11) is 0. The van der Waals surface area contributed by atoms with Crippen molar-refractivity contribution in [1.29, 1.82) is 5.26 Å². The maximum absolute atomic E-state index is 9.56. The summed E-state index contributed by atoms with van der Waals surface area (Å²) < 4.78 is 10.9. The van der Waals surface area contributed by atoms with Gasteiger partial charge in [-0.25, -0.2) is 0 Å². The number of fused-ring (bicyclic) bond motifs is 10. The molecule has 4 heterocycles. The molecule has 0 aliphatic heterocycles. The molecule has 0 aliphatic rings. The van der Waals surface area contributed by atoms with Crippen molar-refractivity contribution >= 4 is 65.7 Å². The predicted octanol–water partition coefficient (Wildman–Crippen LogP) is 9.05. The highest BCUT2D eigenvalue weighted by Crippen LogP contribution is 2.41. The highest BCUT2D eigenvalue weighted by Gasteiger charge is 2.20. The lowest BCUT2D eigenvalue weighted by Gasteiger charge is -2.13. The van der Waals surface area contributed by atoms with Crippen LogP contribution in [-0.2, 0) is 0 Å². The van der Waals surface area contributed by atoms with E-state index >= 15 is 0 Å². The van der Waals surface area contributed by atoms with E-state index in [1.54, 1.807) is 0 Å². The van der Waals surface area contributed by atoms with Crippen molar-refractivity contribution in [3.8, 4) is 17.4 Å². The topological polar surface area (TPSA) is 59.7 Å². The Morgan fingerprint density at radius 2 is 1.32 bits per heavy atom. The average Bonchev–Trinajstić information content (AvgIpc) is 3.68. The van der Waals surface area contributed by atoms with Crippen LogP contribution in [0.5, 0.6) is 0 Å². The minimum Gasteiger partial charge on any atom is -0.454 e. The number of pyridine rings is 1. The van der Waals surface area contributed by atoms with Gasteiger partial charge in [0.2, 0.25) is 0 Å². The molecule has 0 bridgehead atoms. The fraction of sp³-hybridized carbons (Fsp3) is 0. The molecule has 5 nitrogen and oxygen atoms in total. The molecule has 0 atom stereocenters. The predicted molar refractivity (Wildman–Crippen MR) is 165 cm³/mol. The van der Waals surface area contributed by atoms with E-state index in [1.807, 2.05) is 42.6 Å². The number of nitriles is 1. The maximum atomic E-state index is 9.56. The largest absolute Gasteiger partial charge is 0.454 e. The minimum absolute atomic E-state index is 0.657. The van der Waals surface area contributed by atoms with Gasteiger partial charge in [-0.1, -0.05) is 42.5 Å². The van der Waals surface area contributed by atoms with Crippen LogP contribution in [0.1, 0.15) is 5.56 Å². The summed E-state index contributed by atoms with van der Waals surface area (Å²) in [5, 5.41) is 15.1. The smallest absolute Gasteiger partial charge is 0.153 e. The van der Waals surface area contributed by atoms with Crippen LogP contribution in [0.3, 0.4) is 0 Å². The SMILES string of the molecule is N#Cc1ccc2c(c1)c1ccccc1n2-c1cccc(-n2c3ccccc3c3ccc4oc5cccnc5c4c32)c1. The van der Waals surface area contributed by atoms with Gasteiger partial charge in [-0.05, 0) is 72.8 Å². The number of rotatable bonds is 2. The molecule has 0 saturated carbocycles. The van der Waals surface area contributed by atoms with Crippen LogP contribution in [0.15, 0.2) is 126 Å². The number of benzene rings is 5. The molecule has 9 rings (SSSR count). The molecular weight excluding hydrogens is 504 g/mol. The number of nitrogens with zero attached hydrogens (tertiary/aromatic N) is 4. The zero-order valence-corrected chi connectivity index (χ0v) is 21.7. The van der Waals surface area contributed by atoms with Crippen molar-refractivity contribution in [3.05, 3.63) is 127 Å². The maximum Gasteiger partial charge on any atom is 0.153 e. The van der Waals surface area contributed by atoms with Crippen LogP contribution >= 0.6 is 0 Å². The molecule has 5 aromatic carbocycles. The summed E-state index contributed by atoms with van der Waals surface area (Å²) in [6, 6.07) is 41.9. The molecule has 0 spiro atoms. The fourth-order valence-electron chi connectivity index (χ4n) is 6.49. The summed E-state index contributed by atoms with van der Waals surface area (Å²) in [4.78, 5) is 4.73. The van der Waals surface area contributed by atoms with E-state index in [4.69, 9.17) is 9.40 Å². The van der Waals surface area contributed by atoms with Crippen LogP contribution in [0.4, 0.5) is 0 Å². The van der Waals surface area contributed by atoms with E-state index in [0.717, 1.165) is 71.7 Å². The van der Waals surface area contributed by atoms with Crippen molar-refractivity contribution in [3.63, 3.8) is 0 Å².